The number of hydrogen-bond acceptors (Lipinski definition) is 5. The Morgan fingerprint density at radius 3 is 2.44 bits per heavy atom. The highest BCUT2D eigenvalue weighted by atomic mass is 35.5. The summed E-state index contributed by atoms with van der Waals surface area (Å²) in [7, 11) is 1.51. The maximum atomic E-state index is 13.0. The van der Waals surface area contributed by atoms with Gasteiger partial charge in [0.15, 0.2) is 5.54 Å². The molecule has 1 aliphatic carbocycles. The van der Waals surface area contributed by atoms with E-state index in [-0.39, 0.29) is 17.6 Å². The minimum absolute atomic E-state index is 0.0143. The molecule has 1 aromatic carbocycles. The molecule has 0 spiro atoms. The van der Waals surface area contributed by atoms with Crippen molar-refractivity contribution in [2.24, 2.45) is 16.8 Å². The lowest BCUT2D eigenvalue weighted by Gasteiger charge is -2.43. The molecule has 1 heterocycles. The van der Waals surface area contributed by atoms with Crippen LogP contribution in [0.25, 0.3) is 0 Å². The zero-order chi connectivity index (χ0) is 24.8. The van der Waals surface area contributed by atoms with Gasteiger partial charge in [0.1, 0.15) is 0 Å². The lowest BCUT2D eigenvalue weighted by Crippen LogP contribution is -2.53. The fraction of sp³-hybridized carbons (Fsp3) is 0.714. The summed E-state index contributed by atoms with van der Waals surface area (Å²) in [6, 6.07) is 8.10. The average Bonchev–Trinajstić information content (AvgIpc) is 3.17. The number of anilines is 1. The summed E-state index contributed by atoms with van der Waals surface area (Å²) in [6.07, 6.45) is 11.6. The van der Waals surface area contributed by atoms with Crippen molar-refractivity contribution in [1.82, 2.24) is 4.90 Å². The SMILES string of the molecule is CCCCC1(C(=O)OC)N=CN(CCC)C1CC1CCC(C(C)(C)Nc2ccc(Cl)cc2)CC1. The Bertz CT molecular complexity index is 817. The van der Waals surface area contributed by atoms with E-state index in [4.69, 9.17) is 21.3 Å². The predicted octanol–water partition coefficient (Wildman–Crippen LogP) is 6.95. The van der Waals surface area contributed by atoms with Crippen molar-refractivity contribution in [3.8, 4) is 0 Å². The molecule has 0 aromatic heterocycles. The van der Waals surface area contributed by atoms with E-state index in [1.807, 2.05) is 18.5 Å². The van der Waals surface area contributed by atoms with Crippen molar-refractivity contribution in [3.05, 3.63) is 29.3 Å². The van der Waals surface area contributed by atoms with Gasteiger partial charge in [-0.3, -0.25) is 4.99 Å². The number of esters is 1. The van der Waals surface area contributed by atoms with Crippen molar-refractivity contribution >= 4 is 29.6 Å². The molecule has 2 atom stereocenters. The summed E-state index contributed by atoms with van der Waals surface area (Å²) >= 11 is 6.06. The molecule has 1 fully saturated rings. The van der Waals surface area contributed by atoms with Crippen LogP contribution in [0.2, 0.25) is 5.02 Å². The van der Waals surface area contributed by atoms with Crippen LogP contribution in [0.15, 0.2) is 29.3 Å². The monoisotopic (exact) mass is 489 g/mol. The molecular formula is C28H44ClN3O2. The van der Waals surface area contributed by atoms with Crippen LogP contribution in [0.1, 0.15) is 85.5 Å². The van der Waals surface area contributed by atoms with Crippen molar-refractivity contribution in [2.45, 2.75) is 103 Å². The topological polar surface area (TPSA) is 53.9 Å². The first-order valence-corrected chi connectivity index (χ1v) is 13.6. The zero-order valence-corrected chi connectivity index (χ0v) is 22.5. The summed E-state index contributed by atoms with van der Waals surface area (Å²) in [5, 5.41) is 4.50. The Labute approximate surface area is 211 Å². The molecule has 0 amide bonds. The molecule has 1 N–H and O–H groups in total. The van der Waals surface area contributed by atoms with Gasteiger partial charge < -0.3 is 15.0 Å². The molecule has 1 saturated carbocycles. The first kappa shape index (κ1) is 26.8. The van der Waals surface area contributed by atoms with Crippen LogP contribution in [0.3, 0.4) is 0 Å². The zero-order valence-electron chi connectivity index (χ0n) is 21.8. The van der Waals surface area contributed by atoms with Gasteiger partial charge in [-0.25, -0.2) is 4.79 Å². The maximum absolute atomic E-state index is 13.0. The van der Waals surface area contributed by atoms with Gasteiger partial charge in [0.25, 0.3) is 0 Å². The van der Waals surface area contributed by atoms with Crippen molar-refractivity contribution < 1.29 is 9.53 Å². The van der Waals surface area contributed by atoms with E-state index in [1.165, 1.54) is 32.8 Å². The molecule has 0 bridgehead atoms. The van der Waals surface area contributed by atoms with E-state index in [0.717, 1.165) is 49.4 Å². The van der Waals surface area contributed by atoms with Crippen LogP contribution in [0.4, 0.5) is 5.69 Å². The Morgan fingerprint density at radius 1 is 1.18 bits per heavy atom. The predicted molar refractivity (Wildman–Crippen MR) is 143 cm³/mol. The molecule has 190 valence electrons. The van der Waals surface area contributed by atoms with E-state index < -0.39 is 5.54 Å². The van der Waals surface area contributed by atoms with Crippen LogP contribution < -0.4 is 5.32 Å². The highest BCUT2D eigenvalue weighted by Crippen LogP contribution is 2.42. The van der Waals surface area contributed by atoms with Gasteiger partial charge in [-0.15, -0.1) is 0 Å². The summed E-state index contributed by atoms with van der Waals surface area (Å²) in [5.74, 6) is 1.05. The Morgan fingerprint density at radius 2 is 1.85 bits per heavy atom. The third kappa shape index (κ3) is 6.08. The minimum atomic E-state index is -0.744. The van der Waals surface area contributed by atoms with Gasteiger partial charge in [-0.2, -0.15) is 0 Å². The normalized spacial score (nSPS) is 27.1. The number of methoxy groups -OCH3 is 1. The fourth-order valence-electron chi connectivity index (χ4n) is 6.01. The number of nitrogens with one attached hydrogen (secondary N) is 1. The molecule has 2 unspecified atom stereocenters. The van der Waals surface area contributed by atoms with Gasteiger partial charge in [0.2, 0.25) is 0 Å². The summed E-state index contributed by atoms with van der Waals surface area (Å²) in [5.41, 5.74) is 0.390. The second kappa shape index (κ2) is 11.8. The van der Waals surface area contributed by atoms with Crippen molar-refractivity contribution in [2.75, 3.05) is 19.0 Å². The number of aliphatic imine (C=N–C) groups is 1. The van der Waals surface area contributed by atoms with Crippen LogP contribution in [0, 0.1) is 11.8 Å². The van der Waals surface area contributed by atoms with E-state index >= 15 is 0 Å². The van der Waals surface area contributed by atoms with E-state index in [1.54, 1.807) is 0 Å². The van der Waals surface area contributed by atoms with Gasteiger partial charge in [-0.1, -0.05) is 51.1 Å². The lowest BCUT2D eigenvalue weighted by atomic mass is 9.70. The van der Waals surface area contributed by atoms with Crippen LogP contribution in [-0.2, 0) is 9.53 Å². The molecular weight excluding hydrogens is 446 g/mol. The second-order valence-corrected chi connectivity index (χ2v) is 11.3. The minimum Gasteiger partial charge on any atom is -0.467 e. The highest BCUT2D eigenvalue weighted by Gasteiger charge is 2.52. The van der Waals surface area contributed by atoms with Crippen LogP contribution >= 0.6 is 11.6 Å². The molecule has 1 aliphatic heterocycles. The molecule has 0 saturated heterocycles. The molecule has 0 radical (unpaired) electrons. The summed E-state index contributed by atoms with van der Waals surface area (Å²) < 4.78 is 5.31. The molecule has 34 heavy (non-hydrogen) atoms. The van der Waals surface area contributed by atoms with Gasteiger partial charge in [-0.05, 0) is 82.1 Å². The summed E-state index contributed by atoms with van der Waals surface area (Å²) in [6.45, 7) is 9.92. The van der Waals surface area contributed by atoms with Crippen LogP contribution in [0.5, 0.6) is 0 Å². The van der Waals surface area contributed by atoms with Gasteiger partial charge in [0, 0.05) is 22.8 Å². The number of nitrogens with zero attached hydrogens (tertiary/aromatic N) is 2. The smallest absolute Gasteiger partial charge is 0.335 e. The Hall–Kier alpha value is -1.75. The number of unbranched alkanes of at least 4 members (excludes halogenated alkanes) is 1. The maximum Gasteiger partial charge on any atom is 0.335 e. The Balaban J connectivity index is 1.66. The van der Waals surface area contributed by atoms with Gasteiger partial charge >= 0.3 is 5.97 Å². The quantitative estimate of drug-likeness (QED) is 0.341. The standard InChI is InChI=1S/C28H44ClN3O2/c1-6-8-17-28(26(33)34-5)25(32(18-7-2)20-30-28)19-21-9-11-22(12-10-21)27(3,4)31-24-15-13-23(29)14-16-24/h13-16,20-22,25,31H,6-12,17-19H2,1-5H3. The second-order valence-electron chi connectivity index (χ2n) is 10.8. The van der Waals surface area contributed by atoms with E-state index in [0.29, 0.717) is 11.8 Å². The Kier molecular flexibility index (Phi) is 9.31. The molecule has 3 rings (SSSR count). The average molecular weight is 490 g/mol. The summed E-state index contributed by atoms with van der Waals surface area (Å²) in [4.78, 5) is 20.2. The third-order valence-corrected chi connectivity index (χ3v) is 8.31. The first-order valence-electron chi connectivity index (χ1n) is 13.2. The van der Waals surface area contributed by atoms with Crippen molar-refractivity contribution in [1.29, 1.82) is 0 Å². The largest absolute Gasteiger partial charge is 0.467 e. The molecule has 5 nitrogen and oxygen atoms in total. The number of benzene rings is 1. The number of ether oxygens (including phenoxy) is 1. The number of hydrogen-bond donors (Lipinski definition) is 1. The lowest BCUT2D eigenvalue weighted by molar-refractivity contribution is -0.149. The molecule has 1 aromatic rings. The van der Waals surface area contributed by atoms with E-state index in [9.17, 15) is 4.79 Å². The number of carbonyl (C=O) groups excluding carboxylic acids is 1. The fourth-order valence-corrected chi connectivity index (χ4v) is 6.13. The van der Waals surface area contributed by atoms with Crippen molar-refractivity contribution in [3.63, 3.8) is 0 Å². The number of carbonyl (C=O) groups is 1. The highest BCUT2D eigenvalue weighted by molar-refractivity contribution is 6.30. The number of rotatable bonds is 11. The number of halogens is 1. The first-order chi connectivity index (χ1) is 16.3. The van der Waals surface area contributed by atoms with E-state index in [2.05, 4.69) is 50.0 Å². The third-order valence-electron chi connectivity index (χ3n) is 8.05. The van der Waals surface area contributed by atoms with Gasteiger partial charge in [0.05, 0.1) is 19.5 Å². The molecule has 6 heteroatoms. The van der Waals surface area contributed by atoms with Crippen LogP contribution in [-0.4, -0.2) is 48.0 Å². The molecule has 2 aliphatic rings.